The highest BCUT2D eigenvalue weighted by Gasteiger charge is 2.45. The summed E-state index contributed by atoms with van der Waals surface area (Å²) in [6, 6.07) is 10.8. The number of amides is 3. The van der Waals surface area contributed by atoms with Gasteiger partial charge in [0.2, 0.25) is 5.91 Å². The number of nitrogens with one attached hydrogen (secondary N) is 1. The first-order valence-corrected chi connectivity index (χ1v) is 10.6. The molecule has 0 saturated heterocycles. The van der Waals surface area contributed by atoms with E-state index < -0.39 is 70.9 Å². The maximum Gasteiger partial charge on any atom is 0.422 e. The molecule has 0 radical (unpaired) electrons. The Morgan fingerprint density at radius 2 is 1.37 bits per heavy atom. The van der Waals surface area contributed by atoms with Crippen molar-refractivity contribution >= 4 is 23.4 Å². The van der Waals surface area contributed by atoms with Crippen LogP contribution in [0.25, 0.3) is 0 Å². The zero-order valence-corrected chi connectivity index (χ0v) is 18.7. The number of halogens is 7. The van der Waals surface area contributed by atoms with Crippen LogP contribution in [-0.4, -0.2) is 28.7 Å². The van der Waals surface area contributed by atoms with Crippen LogP contribution in [0.15, 0.2) is 48.5 Å². The quantitative estimate of drug-likeness (QED) is 0.284. The summed E-state index contributed by atoms with van der Waals surface area (Å²) in [6.45, 7) is 0. The number of alkyl halides is 3. The second-order valence-corrected chi connectivity index (χ2v) is 8.05. The van der Waals surface area contributed by atoms with Gasteiger partial charge in [-0.25, -0.2) is 17.6 Å². The van der Waals surface area contributed by atoms with Gasteiger partial charge in [-0.1, -0.05) is 24.3 Å². The lowest BCUT2D eigenvalue weighted by atomic mass is 10.0. The Hall–Kier alpha value is -4.73. The molecule has 194 valence electrons. The molecule has 0 saturated carbocycles. The van der Waals surface area contributed by atoms with Gasteiger partial charge in [0, 0.05) is 6.42 Å². The van der Waals surface area contributed by atoms with Crippen molar-refractivity contribution in [1.29, 1.82) is 5.26 Å². The fourth-order valence-corrected chi connectivity index (χ4v) is 3.93. The van der Waals surface area contributed by atoms with Crippen LogP contribution in [0.5, 0.6) is 0 Å². The summed E-state index contributed by atoms with van der Waals surface area (Å²) in [5.41, 5.74) is -4.43. The average molecular weight is 535 g/mol. The van der Waals surface area contributed by atoms with E-state index in [2.05, 4.69) is 0 Å². The van der Waals surface area contributed by atoms with Gasteiger partial charge in [0.05, 0.1) is 22.8 Å². The fraction of sp³-hybridized carbons (Fsp3) is 0.120. The van der Waals surface area contributed by atoms with Crippen LogP contribution in [0, 0.1) is 34.6 Å². The minimum Gasteiger partial charge on any atom is -0.319 e. The molecule has 0 unspecified atom stereocenters. The lowest BCUT2D eigenvalue weighted by Gasteiger charge is -2.26. The van der Waals surface area contributed by atoms with E-state index in [9.17, 15) is 45.1 Å². The van der Waals surface area contributed by atoms with Gasteiger partial charge >= 0.3 is 6.18 Å². The number of hydrogen-bond acceptors (Lipinski definition) is 4. The summed E-state index contributed by atoms with van der Waals surface area (Å²) < 4.78 is 95.7. The molecule has 1 aliphatic heterocycles. The third-order valence-corrected chi connectivity index (χ3v) is 5.75. The first-order valence-electron chi connectivity index (χ1n) is 10.6. The summed E-state index contributed by atoms with van der Waals surface area (Å²) in [7, 11) is 0. The molecule has 6 nitrogen and oxygen atoms in total. The normalized spacial score (nSPS) is 13.8. The maximum absolute atomic E-state index is 14.4. The number of carbonyl (C=O) groups excluding carboxylic acids is 3. The molecule has 1 heterocycles. The van der Waals surface area contributed by atoms with E-state index in [1.807, 2.05) is 6.07 Å². The molecule has 3 amide bonds. The summed E-state index contributed by atoms with van der Waals surface area (Å²) in [5, 5.41) is 10.4. The molecule has 38 heavy (non-hydrogen) atoms. The Bertz CT molecular complexity index is 1460. The van der Waals surface area contributed by atoms with Crippen molar-refractivity contribution in [3.8, 4) is 6.07 Å². The SMILES string of the molecule is N#Cc1ccc(C[C@@H](C(=O)Nc2c(F)c(F)c(C(F)(F)F)c(F)c2F)N2C(=O)c3ccccc3C2=O)cc1. The van der Waals surface area contributed by atoms with Crippen molar-refractivity contribution in [3.05, 3.63) is 99.6 Å². The fourth-order valence-electron chi connectivity index (χ4n) is 3.93. The lowest BCUT2D eigenvalue weighted by molar-refractivity contribution is -0.143. The summed E-state index contributed by atoms with van der Waals surface area (Å²) in [6.07, 6.45) is -6.28. The molecular formula is C25H12F7N3O3. The highest BCUT2D eigenvalue weighted by molar-refractivity contribution is 6.23. The Kier molecular flexibility index (Phi) is 6.67. The lowest BCUT2D eigenvalue weighted by Crippen LogP contribution is -2.48. The van der Waals surface area contributed by atoms with E-state index in [0.717, 1.165) is 0 Å². The number of carbonyl (C=O) groups is 3. The van der Waals surface area contributed by atoms with Crippen molar-refractivity contribution in [2.24, 2.45) is 0 Å². The summed E-state index contributed by atoms with van der Waals surface area (Å²) in [5.74, 6) is -14.1. The first kappa shape index (κ1) is 26.3. The van der Waals surface area contributed by atoms with Crippen molar-refractivity contribution in [3.63, 3.8) is 0 Å². The minimum absolute atomic E-state index is 0.0980. The van der Waals surface area contributed by atoms with Gasteiger partial charge < -0.3 is 5.32 Å². The third-order valence-electron chi connectivity index (χ3n) is 5.75. The van der Waals surface area contributed by atoms with Crippen molar-refractivity contribution in [1.82, 2.24) is 4.90 Å². The van der Waals surface area contributed by atoms with Crippen LogP contribution < -0.4 is 5.32 Å². The number of imide groups is 1. The largest absolute Gasteiger partial charge is 0.422 e. The van der Waals surface area contributed by atoms with Gasteiger partial charge in [0.15, 0.2) is 23.3 Å². The zero-order valence-electron chi connectivity index (χ0n) is 18.7. The number of nitriles is 1. The third kappa shape index (κ3) is 4.45. The number of benzene rings is 3. The molecule has 3 aromatic carbocycles. The minimum atomic E-state index is -5.79. The monoisotopic (exact) mass is 535 g/mol. The Labute approximate surface area is 208 Å². The Balaban J connectivity index is 1.77. The van der Waals surface area contributed by atoms with Gasteiger partial charge in [0.1, 0.15) is 17.3 Å². The molecule has 3 aromatic rings. The maximum atomic E-state index is 14.4. The molecule has 0 bridgehead atoms. The molecule has 13 heteroatoms. The van der Waals surface area contributed by atoms with Crippen LogP contribution >= 0.6 is 0 Å². The van der Waals surface area contributed by atoms with Crippen LogP contribution in [0.2, 0.25) is 0 Å². The number of hydrogen-bond donors (Lipinski definition) is 1. The molecule has 0 fully saturated rings. The van der Waals surface area contributed by atoms with Gasteiger partial charge in [-0.05, 0) is 29.8 Å². The van der Waals surface area contributed by atoms with Crippen molar-refractivity contribution in [2.75, 3.05) is 5.32 Å². The summed E-state index contributed by atoms with van der Waals surface area (Å²) in [4.78, 5) is 39.6. The van der Waals surface area contributed by atoms with E-state index in [1.165, 1.54) is 53.8 Å². The molecule has 1 aliphatic rings. The van der Waals surface area contributed by atoms with E-state index >= 15 is 0 Å². The van der Waals surface area contributed by atoms with Crippen LogP contribution in [0.4, 0.5) is 36.4 Å². The van der Waals surface area contributed by atoms with Gasteiger partial charge in [0.25, 0.3) is 11.8 Å². The Morgan fingerprint density at radius 3 is 1.82 bits per heavy atom. The van der Waals surface area contributed by atoms with Crippen LogP contribution in [0.1, 0.15) is 37.4 Å². The summed E-state index contributed by atoms with van der Waals surface area (Å²) >= 11 is 0. The van der Waals surface area contributed by atoms with E-state index in [4.69, 9.17) is 5.26 Å². The highest BCUT2D eigenvalue weighted by Crippen LogP contribution is 2.38. The number of anilines is 1. The molecule has 0 aromatic heterocycles. The zero-order chi connectivity index (χ0) is 27.9. The molecule has 1 atom stereocenters. The molecule has 4 rings (SSSR count). The van der Waals surface area contributed by atoms with E-state index in [-0.39, 0.29) is 22.3 Å². The second kappa shape index (κ2) is 9.62. The van der Waals surface area contributed by atoms with Gasteiger partial charge in [-0.15, -0.1) is 0 Å². The highest BCUT2D eigenvalue weighted by atomic mass is 19.4. The Morgan fingerprint density at radius 1 is 0.868 bits per heavy atom. The second-order valence-electron chi connectivity index (χ2n) is 8.05. The van der Waals surface area contributed by atoms with E-state index in [1.54, 1.807) is 0 Å². The predicted molar refractivity (Wildman–Crippen MR) is 115 cm³/mol. The molecule has 0 spiro atoms. The van der Waals surface area contributed by atoms with Gasteiger partial charge in [-0.3, -0.25) is 19.3 Å². The molecular weight excluding hydrogens is 523 g/mol. The first-order chi connectivity index (χ1) is 17.9. The smallest absolute Gasteiger partial charge is 0.319 e. The van der Waals surface area contributed by atoms with Crippen molar-refractivity contribution < 1.29 is 45.1 Å². The average Bonchev–Trinajstić information content (AvgIpc) is 3.13. The number of fused-ring (bicyclic) bond motifs is 1. The number of rotatable bonds is 5. The van der Waals surface area contributed by atoms with Crippen molar-refractivity contribution in [2.45, 2.75) is 18.6 Å². The van der Waals surface area contributed by atoms with E-state index in [0.29, 0.717) is 4.90 Å². The predicted octanol–water partition coefficient (Wildman–Crippen LogP) is 4.98. The molecule has 1 N–H and O–H groups in total. The van der Waals surface area contributed by atoms with Crippen LogP contribution in [0.3, 0.4) is 0 Å². The standard InChI is InChI=1S/C25H12F7N3O3/c26-17-16(25(30,31)32)18(27)20(29)21(19(17)28)34-22(36)15(9-11-5-7-12(10-33)8-6-11)35-23(37)13-3-1-2-4-14(13)24(35)38/h1-8,15H,9H2,(H,34,36)/t15-/m0/s1. The van der Waals surface area contributed by atoms with Gasteiger partial charge in [-0.2, -0.15) is 18.4 Å². The topological polar surface area (TPSA) is 90.3 Å². The molecule has 0 aliphatic carbocycles. The number of nitrogens with zero attached hydrogens (tertiary/aromatic N) is 2. The van der Waals surface area contributed by atoms with Crippen LogP contribution in [-0.2, 0) is 17.4 Å².